The Morgan fingerprint density at radius 1 is 1.08 bits per heavy atom. The first-order valence-electron chi connectivity index (χ1n) is 12.3. The molecule has 1 aliphatic carbocycles. The Kier molecular flexibility index (Phi) is 5.64. The molecule has 1 aliphatic heterocycles. The molecule has 2 aliphatic rings. The van der Waals surface area contributed by atoms with Crippen LogP contribution in [-0.4, -0.2) is 43.6 Å². The molecule has 3 heterocycles. The van der Waals surface area contributed by atoms with Gasteiger partial charge in [-0.1, -0.05) is 30.9 Å². The fourth-order valence-corrected chi connectivity index (χ4v) is 5.06. The van der Waals surface area contributed by atoms with E-state index in [1.807, 2.05) is 64.2 Å². The molecule has 6 rings (SSSR count). The van der Waals surface area contributed by atoms with E-state index < -0.39 is 0 Å². The summed E-state index contributed by atoms with van der Waals surface area (Å²) in [7, 11) is 0. The van der Waals surface area contributed by atoms with Gasteiger partial charge in [-0.2, -0.15) is 5.10 Å². The molecule has 8 heteroatoms. The number of nitrogens with zero attached hydrogens (tertiary/aromatic N) is 5. The number of fused-ring (bicyclic) bond motifs is 1. The minimum Gasteiger partial charge on any atom is -0.457 e. The predicted molar refractivity (Wildman–Crippen MR) is 137 cm³/mol. The molecule has 2 N–H and O–H groups in total. The molecular formula is C28H27N6O2. The van der Waals surface area contributed by atoms with Crippen LogP contribution < -0.4 is 10.5 Å². The summed E-state index contributed by atoms with van der Waals surface area (Å²) in [6.45, 7) is 7.00. The van der Waals surface area contributed by atoms with E-state index in [9.17, 15) is 4.79 Å². The Morgan fingerprint density at radius 3 is 2.61 bits per heavy atom. The molecule has 36 heavy (non-hydrogen) atoms. The lowest BCUT2D eigenvalue weighted by Gasteiger charge is -2.33. The first kappa shape index (κ1) is 22.3. The van der Waals surface area contributed by atoms with Crippen LogP contribution >= 0.6 is 0 Å². The molecule has 2 aromatic heterocycles. The van der Waals surface area contributed by atoms with Crippen molar-refractivity contribution >= 4 is 22.8 Å². The Bertz CT molecular complexity index is 1420. The second-order valence-corrected chi connectivity index (χ2v) is 9.47. The molecule has 1 amide bonds. The maximum absolute atomic E-state index is 13.0. The number of rotatable bonds is 6. The van der Waals surface area contributed by atoms with Gasteiger partial charge in [0.25, 0.3) is 0 Å². The minimum absolute atomic E-state index is 0.00740. The van der Waals surface area contributed by atoms with Gasteiger partial charge in [0.05, 0.1) is 11.4 Å². The number of carbonyl (C=O) groups is 1. The van der Waals surface area contributed by atoms with E-state index in [0.29, 0.717) is 18.0 Å². The van der Waals surface area contributed by atoms with Crippen LogP contribution in [0.4, 0.5) is 5.82 Å². The topological polar surface area (TPSA) is 99.2 Å². The van der Waals surface area contributed by atoms with Crippen molar-refractivity contribution in [1.29, 1.82) is 0 Å². The lowest BCUT2D eigenvalue weighted by atomic mass is 10.0. The van der Waals surface area contributed by atoms with E-state index in [2.05, 4.69) is 9.97 Å². The second-order valence-electron chi connectivity index (χ2n) is 9.47. The van der Waals surface area contributed by atoms with Crippen molar-refractivity contribution in [1.82, 2.24) is 24.6 Å². The third-order valence-electron chi connectivity index (χ3n) is 7.08. The number of aromatic nitrogens is 4. The Balaban J connectivity index is 1.30. The average molecular weight is 480 g/mol. The third kappa shape index (κ3) is 4.08. The zero-order valence-electron chi connectivity index (χ0n) is 19.8. The van der Waals surface area contributed by atoms with Gasteiger partial charge in [0.1, 0.15) is 29.3 Å². The predicted octanol–water partition coefficient (Wildman–Crippen LogP) is 4.66. The smallest absolute Gasteiger partial charge is 0.226 e. The first-order chi connectivity index (χ1) is 17.6. The number of nitrogens with two attached hydrogens (primary N) is 1. The van der Waals surface area contributed by atoms with Gasteiger partial charge in [-0.05, 0) is 61.6 Å². The highest BCUT2D eigenvalue weighted by Crippen LogP contribution is 2.42. The highest BCUT2D eigenvalue weighted by atomic mass is 16.5. The summed E-state index contributed by atoms with van der Waals surface area (Å²) in [6, 6.07) is 17.4. The van der Waals surface area contributed by atoms with Crippen molar-refractivity contribution in [3.63, 3.8) is 0 Å². The maximum Gasteiger partial charge on any atom is 0.226 e. The van der Waals surface area contributed by atoms with Crippen LogP contribution in [0.1, 0.15) is 25.3 Å². The van der Waals surface area contributed by atoms with Crippen molar-refractivity contribution in [2.45, 2.75) is 25.3 Å². The van der Waals surface area contributed by atoms with Gasteiger partial charge in [-0.25, -0.2) is 14.6 Å². The molecule has 0 bridgehead atoms. The van der Waals surface area contributed by atoms with Gasteiger partial charge < -0.3 is 15.4 Å². The quantitative estimate of drug-likeness (QED) is 0.432. The van der Waals surface area contributed by atoms with Crippen LogP contribution in [-0.2, 0) is 4.79 Å². The van der Waals surface area contributed by atoms with Gasteiger partial charge in [0, 0.05) is 24.6 Å². The van der Waals surface area contributed by atoms with Gasteiger partial charge in [-0.3, -0.25) is 4.79 Å². The molecule has 2 fully saturated rings. The fourth-order valence-electron chi connectivity index (χ4n) is 5.06. The number of hydrogen-bond donors (Lipinski definition) is 1. The van der Waals surface area contributed by atoms with E-state index in [1.54, 1.807) is 6.08 Å². The maximum atomic E-state index is 13.0. The molecule has 1 radical (unpaired) electrons. The van der Waals surface area contributed by atoms with Crippen molar-refractivity contribution in [2.75, 3.05) is 18.8 Å². The summed E-state index contributed by atoms with van der Waals surface area (Å²) >= 11 is 0. The van der Waals surface area contributed by atoms with Crippen molar-refractivity contribution in [3.8, 4) is 22.8 Å². The van der Waals surface area contributed by atoms with Gasteiger partial charge in [0.15, 0.2) is 5.65 Å². The van der Waals surface area contributed by atoms with Gasteiger partial charge in [0.2, 0.25) is 5.91 Å². The summed E-state index contributed by atoms with van der Waals surface area (Å²) in [4.78, 5) is 23.7. The zero-order valence-corrected chi connectivity index (χ0v) is 19.8. The van der Waals surface area contributed by atoms with Crippen molar-refractivity contribution in [3.05, 3.63) is 73.6 Å². The molecule has 8 nitrogen and oxygen atoms in total. The van der Waals surface area contributed by atoms with Crippen LogP contribution in [0.25, 0.3) is 22.3 Å². The molecular weight excluding hydrogens is 452 g/mol. The van der Waals surface area contributed by atoms with E-state index in [4.69, 9.17) is 22.1 Å². The number of allylic oxidation sites excluding steroid dienone is 1. The summed E-state index contributed by atoms with van der Waals surface area (Å²) in [5, 5.41) is 5.69. The first-order valence-corrected chi connectivity index (χ1v) is 12.3. The number of likely N-dealkylation sites (tertiary alicyclic amines) is 1. The van der Waals surface area contributed by atoms with Gasteiger partial charge >= 0.3 is 0 Å². The van der Waals surface area contributed by atoms with Crippen molar-refractivity contribution < 1.29 is 9.53 Å². The van der Waals surface area contributed by atoms with Crippen LogP contribution in [0.3, 0.4) is 0 Å². The number of piperidine rings is 1. The van der Waals surface area contributed by atoms with Crippen LogP contribution in [0.15, 0.2) is 67.0 Å². The summed E-state index contributed by atoms with van der Waals surface area (Å²) < 4.78 is 7.86. The molecule has 1 saturated heterocycles. The number of ether oxygens (including phenoxy) is 1. The standard InChI is InChI=1S/C28H27N6O2/c1-2-18-15-23(18)28(35)33-14-6-7-20(16-33)34-27-24(26(29)30-17-31-27)25(32-34)19-10-12-22(13-11-19)36-21-8-4-3-5-9-21/h1-5,8-13,17-18,20,23H,6-7,14-16H2,(H2,29,30,31)/t18-,20+,23+/m1/s1. The molecule has 2 aromatic carbocycles. The van der Waals surface area contributed by atoms with Crippen molar-refractivity contribution in [2.24, 2.45) is 11.8 Å². The van der Waals surface area contributed by atoms with E-state index in [0.717, 1.165) is 53.9 Å². The summed E-state index contributed by atoms with van der Waals surface area (Å²) in [5.41, 5.74) is 8.61. The Hall–Kier alpha value is -4.20. The van der Waals surface area contributed by atoms with E-state index in [1.165, 1.54) is 6.33 Å². The largest absolute Gasteiger partial charge is 0.457 e. The molecule has 3 atom stereocenters. The molecule has 4 aromatic rings. The number of para-hydroxylation sites is 1. The van der Waals surface area contributed by atoms with E-state index >= 15 is 0 Å². The normalized spacial score (nSPS) is 21.3. The molecule has 0 unspecified atom stereocenters. The number of anilines is 1. The van der Waals surface area contributed by atoms with E-state index in [-0.39, 0.29) is 23.8 Å². The monoisotopic (exact) mass is 479 g/mol. The highest BCUT2D eigenvalue weighted by Gasteiger charge is 2.44. The fraction of sp³-hybridized carbons (Fsp3) is 0.286. The SMILES string of the molecule is [CH]=C[C@@H]1C[C@@H]1C(=O)N1CCC[C@H](n2nc(-c3ccc(Oc4ccccc4)cc3)c3c(N)ncnc32)C1. The minimum atomic E-state index is 0.00740. The summed E-state index contributed by atoms with van der Waals surface area (Å²) in [6.07, 6.45) is 5.77. The van der Waals surface area contributed by atoms with Gasteiger partial charge in [-0.15, -0.1) is 0 Å². The average Bonchev–Trinajstić information content (AvgIpc) is 3.61. The zero-order chi connectivity index (χ0) is 24.6. The number of carbonyl (C=O) groups excluding carboxylic acids is 1. The number of hydrogen-bond acceptors (Lipinski definition) is 6. The number of nitrogen functional groups attached to an aromatic ring is 1. The summed E-state index contributed by atoms with van der Waals surface area (Å²) in [5.74, 6) is 2.30. The van der Waals surface area contributed by atoms with Crippen LogP contribution in [0.2, 0.25) is 0 Å². The third-order valence-corrected chi connectivity index (χ3v) is 7.08. The molecule has 0 spiro atoms. The number of amides is 1. The Morgan fingerprint density at radius 2 is 1.86 bits per heavy atom. The molecule has 181 valence electrons. The molecule has 1 saturated carbocycles. The number of benzene rings is 2. The lowest BCUT2D eigenvalue weighted by Crippen LogP contribution is -2.42. The van der Waals surface area contributed by atoms with Crippen LogP contribution in [0, 0.1) is 18.4 Å². The Labute approximate surface area is 209 Å². The van der Waals surface area contributed by atoms with Crippen LogP contribution in [0.5, 0.6) is 11.5 Å². The second kappa shape index (κ2) is 9.11. The lowest BCUT2D eigenvalue weighted by molar-refractivity contribution is -0.134. The highest BCUT2D eigenvalue weighted by molar-refractivity contribution is 5.98.